The summed E-state index contributed by atoms with van der Waals surface area (Å²) in [6, 6.07) is 15.4. The van der Waals surface area contributed by atoms with Crippen LogP contribution in [0.25, 0.3) is 56.1 Å². The monoisotopic (exact) mass is 433 g/mol. The van der Waals surface area contributed by atoms with Gasteiger partial charge >= 0.3 is 0 Å². The highest BCUT2D eigenvalue weighted by molar-refractivity contribution is 5.96. The van der Waals surface area contributed by atoms with E-state index in [4.69, 9.17) is 19.4 Å². The average Bonchev–Trinajstić information content (AvgIpc) is 3.60. The molecule has 0 saturated carbocycles. The molecule has 33 heavy (non-hydrogen) atoms. The zero-order valence-corrected chi connectivity index (χ0v) is 17.1. The van der Waals surface area contributed by atoms with Crippen LogP contribution in [0.15, 0.2) is 67.1 Å². The van der Waals surface area contributed by atoms with Crippen LogP contribution in [0.3, 0.4) is 0 Å². The van der Waals surface area contributed by atoms with E-state index in [9.17, 15) is 0 Å². The average molecular weight is 433 g/mol. The Balaban J connectivity index is 1.37. The van der Waals surface area contributed by atoms with Crippen molar-refractivity contribution in [2.75, 3.05) is 6.79 Å². The molecule has 0 atom stereocenters. The molecule has 0 radical (unpaired) electrons. The van der Waals surface area contributed by atoms with Gasteiger partial charge < -0.3 is 14.5 Å². The maximum absolute atomic E-state index is 5.53. The van der Waals surface area contributed by atoms with Crippen LogP contribution in [-0.4, -0.2) is 41.9 Å². The molecule has 1 aliphatic heterocycles. The lowest BCUT2D eigenvalue weighted by Crippen LogP contribution is -1.92. The second kappa shape index (κ2) is 6.86. The summed E-state index contributed by atoms with van der Waals surface area (Å²) >= 11 is 0. The molecule has 2 N–H and O–H groups in total. The summed E-state index contributed by atoms with van der Waals surface area (Å²) in [5.74, 6) is 2.06. The SMILES string of the molecule is c1ccc(-c2ccc3[nH]nc(-c4nc5c(-c6ccc7c(c6)OCO7)cncc5[nH]4)c3n2)nc1. The Morgan fingerprint density at radius 3 is 2.73 bits per heavy atom. The van der Waals surface area contributed by atoms with Crippen molar-refractivity contribution in [3.05, 3.63) is 67.1 Å². The minimum atomic E-state index is 0.230. The van der Waals surface area contributed by atoms with E-state index >= 15 is 0 Å². The fraction of sp³-hybridized carbons (Fsp3) is 0.0417. The minimum Gasteiger partial charge on any atom is -0.454 e. The molecule has 7 rings (SSSR count). The molecule has 6 aromatic rings. The molecule has 0 unspecified atom stereocenters. The number of benzene rings is 1. The molecule has 9 nitrogen and oxygen atoms in total. The number of aromatic nitrogens is 7. The summed E-state index contributed by atoms with van der Waals surface area (Å²) < 4.78 is 11.0. The Hall–Kier alpha value is -4.79. The number of nitrogens with one attached hydrogen (secondary N) is 2. The van der Waals surface area contributed by atoms with E-state index in [1.807, 2.05) is 48.5 Å². The van der Waals surface area contributed by atoms with Gasteiger partial charge in [-0.15, -0.1) is 0 Å². The quantitative estimate of drug-likeness (QED) is 0.426. The Bertz CT molecular complexity index is 1660. The van der Waals surface area contributed by atoms with Gasteiger partial charge in [-0.2, -0.15) is 5.10 Å². The van der Waals surface area contributed by atoms with Gasteiger partial charge in [0.2, 0.25) is 6.79 Å². The Kier molecular flexibility index (Phi) is 3.71. The lowest BCUT2D eigenvalue weighted by Gasteiger charge is -2.03. The van der Waals surface area contributed by atoms with E-state index in [0.717, 1.165) is 50.3 Å². The summed E-state index contributed by atoms with van der Waals surface area (Å²) in [4.78, 5) is 21.8. The number of hydrogen-bond acceptors (Lipinski definition) is 7. The van der Waals surface area contributed by atoms with Crippen LogP contribution >= 0.6 is 0 Å². The van der Waals surface area contributed by atoms with E-state index < -0.39 is 0 Å². The Morgan fingerprint density at radius 2 is 1.79 bits per heavy atom. The van der Waals surface area contributed by atoms with Crippen LogP contribution in [0.1, 0.15) is 0 Å². The second-order valence-electron chi connectivity index (χ2n) is 7.62. The zero-order valence-electron chi connectivity index (χ0n) is 17.1. The molecule has 158 valence electrons. The molecule has 0 aliphatic carbocycles. The van der Waals surface area contributed by atoms with E-state index in [0.29, 0.717) is 17.3 Å². The topological polar surface area (TPSA) is 114 Å². The summed E-state index contributed by atoms with van der Waals surface area (Å²) in [5, 5.41) is 7.53. The van der Waals surface area contributed by atoms with E-state index in [1.54, 1.807) is 18.6 Å². The molecular formula is C24H15N7O2. The van der Waals surface area contributed by atoms with Crippen LogP contribution in [0.5, 0.6) is 11.5 Å². The lowest BCUT2D eigenvalue weighted by atomic mass is 10.1. The maximum atomic E-state index is 5.53. The van der Waals surface area contributed by atoms with Gasteiger partial charge in [-0.25, -0.2) is 9.97 Å². The van der Waals surface area contributed by atoms with E-state index in [-0.39, 0.29) is 6.79 Å². The van der Waals surface area contributed by atoms with Gasteiger partial charge in [0.1, 0.15) is 5.52 Å². The molecule has 0 spiro atoms. The molecule has 5 aromatic heterocycles. The Labute approximate surface area is 186 Å². The highest BCUT2D eigenvalue weighted by atomic mass is 16.7. The van der Waals surface area contributed by atoms with Gasteiger partial charge in [0.05, 0.1) is 34.1 Å². The Morgan fingerprint density at radius 1 is 0.818 bits per heavy atom. The standard InChI is InChI=1S/C24H15N7O2/c1-2-8-26-15(3-1)16-5-6-17-22(27-16)23(31-30-17)24-28-18-11-25-10-14(21(18)29-24)13-4-7-19-20(9-13)33-12-32-19/h1-11H,12H2,(H,28,29)(H,30,31). The largest absolute Gasteiger partial charge is 0.454 e. The fourth-order valence-corrected chi connectivity index (χ4v) is 4.04. The van der Waals surface area contributed by atoms with Crippen molar-refractivity contribution in [3.63, 3.8) is 0 Å². The fourth-order valence-electron chi connectivity index (χ4n) is 4.04. The third-order valence-electron chi connectivity index (χ3n) is 5.64. The number of ether oxygens (including phenoxy) is 2. The number of hydrogen-bond donors (Lipinski definition) is 2. The molecule has 1 aliphatic rings. The van der Waals surface area contributed by atoms with Gasteiger partial charge in [-0.05, 0) is 42.0 Å². The number of fused-ring (bicyclic) bond motifs is 3. The van der Waals surface area contributed by atoms with Crippen molar-refractivity contribution in [1.29, 1.82) is 0 Å². The molecule has 0 fully saturated rings. The first-order chi connectivity index (χ1) is 16.3. The third-order valence-corrected chi connectivity index (χ3v) is 5.64. The summed E-state index contributed by atoms with van der Waals surface area (Å²) in [7, 11) is 0. The van der Waals surface area contributed by atoms with Crippen LogP contribution in [0, 0.1) is 0 Å². The summed E-state index contributed by atoms with van der Waals surface area (Å²) in [6.45, 7) is 0.230. The molecule has 9 heteroatoms. The van der Waals surface area contributed by atoms with Crippen molar-refractivity contribution < 1.29 is 9.47 Å². The zero-order chi connectivity index (χ0) is 21.8. The van der Waals surface area contributed by atoms with Crippen molar-refractivity contribution in [1.82, 2.24) is 35.1 Å². The van der Waals surface area contributed by atoms with Crippen molar-refractivity contribution >= 4 is 22.1 Å². The van der Waals surface area contributed by atoms with Gasteiger partial charge in [0.25, 0.3) is 0 Å². The van der Waals surface area contributed by atoms with Gasteiger partial charge in [0, 0.05) is 18.0 Å². The highest BCUT2D eigenvalue weighted by Gasteiger charge is 2.19. The third kappa shape index (κ3) is 2.83. The molecule has 0 bridgehead atoms. The first-order valence-corrected chi connectivity index (χ1v) is 10.3. The van der Waals surface area contributed by atoms with Crippen LogP contribution in [-0.2, 0) is 0 Å². The lowest BCUT2D eigenvalue weighted by molar-refractivity contribution is 0.174. The highest BCUT2D eigenvalue weighted by Crippen LogP contribution is 2.38. The summed E-state index contributed by atoms with van der Waals surface area (Å²) in [5.41, 5.74) is 7.15. The van der Waals surface area contributed by atoms with Crippen LogP contribution in [0.4, 0.5) is 0 Å². The minimum absolute atomic E-state index is 0.230. The maximum Gasteiger partial charge on any atom is 0.231 e. The smallest absolute Gasteiger partial charge is 0.231 e. The summed E-state index contributed by atoms with van der Waals surface area (Å²) in [6.07, 6.45) is 5.30. The second-order valence-corrected chi connectivity index (χ2v) is 7.62. The molecule has 0 amide bonds. The van der Waals surface area contributed by atoms with Crippen LogP contribution < -0.4 is 9.47 Å². The first kappa shape index (κ1) is 17.8. The van der Waals surface area contributed by atoms with Gasteiger partial charge in [-0.1, -0.05) is 12.1 Å². The number of aromatic amines is 2. The van der Waals surface area contributed by atoms with Gasteiger partial charge in [-0.3, -0.25) is 15.1 Å². The van der Waals surface area contributed by atoms with Crippen molar-refractivity contribution in [2.24, 2.45) is 0 Å². The molecule has 1 aromatic carbocycles. The van der Waals surface area contributed by atoms with Crippen molar-refractivity contribution in [3.8, 4) is 45.5 Å². The molecular weight excluding hydrogens is 418 g/mol. The normalized spacial score (nSPS) is 12.6. The number of H-pyrrole nitrogens is 2. The van der Waals surface area contributed by atoms with Crippen LogP contribution in [0.2, 0.25) is 0 Å². The van der Waals surface area contributed by atoms with E-state index in [2.05, 4.69) is 25.1 Å². The van der Waals surface area contributed by atoms with E-state index in [1.165, 1.54) is 0 Å². The molecule has 0 saturated heterocycles. The number of nitrogens with zero attached hydrogens (tertiary/aromatic N) is 5. The molecule has 6 heterocycles. The first-order valence-electron chi connectivity index (χ1n) is 10.3. The predicted octanol–water partition coefficient (Wildman–Crippen LogP) is 4.35. The van der Waals surface area contributed by atoms with Gasteiger partial charge in [0.15, 0.2) is 23.0 Å². The number of rotatable bonds is 3. The number of imidazole rings is 1. The number of pyridine rings is 3. The predicted molar refractivity (Wildman–Crippen MR) is 122 cm³/mol. The van der Waals surface area contributed by atoms with Crippen molar-refractivity contribution in [2.45, 2.75) is 0 Å².